The molecule has 0 bridgehead atoms. The molecule has 5 rings (SSSR count). The van der Waals surface area contributed by atoms with Crippen molar-refractivity contribution in [2.45, 2.75) is 4.90 Å². The number of aromatic nitrogens is 5. The zero-order chi connectivity index (χ0) is 28.8. The Morgan fingerprint density at radius 1 is 1.12 bits per heavy atom. The maximum Gasteiger partial charge on any atom is 0.274 e. The van der Waals surface area contributed by atoms with E-state index in [0.29, 0.717) is 5.69 Å². The summed E-state index contributed by atoms with van der Waals surface area (Å²) in [6, 6.07) is 4.95. The molecule has 206 valence electrons. The summed E-state index contributed by atoms with van der Waals surface area (Å²) in [5.74, 6) is -4.69. The summed E-state index contributed by atoms with van der Waals surface area (Å²) in [6.45, 7) is 0. The Morgan fingerprint density at radius 3 is 2.60 bits per heavy atom. The highest BCUT2D eigenvalue weighted by Gasteiger charge is 2.27. The zero-order valence-corrected chi connectivity index (χ0v) is 22.0. The number of carbonyl (C=O) groups excluding carboxylic acids is 1. The first kappa shape index (κ1) is 27.0. The number of sulfonamides is 1. The quantitative estimate of drug-likeness (QED) is 0.253. The first-order valence-corrected chi connectivity index (χ1v) is 13.0. The number of benzene rings is 2. The number of nitrogens with one attached hydrogen (secondary N) is 3. The van der Waals surface area contributed by atoms with E-state index in [0.717, 1.165) is 30.5 Å². The Balaban J connectivity index is 1.53. The summed E-state index contributed by atoms with van der Waals surface area (Å²) in [4.78, 5) is 15.9. The molecule has 0 atom stereocenters. The molecule has 16 heteroatoms. The second-order valence-electron chi connectivity index (χ2n) is 8.33. The molecule has 3 N–H and O–H groups in total. The number of halogens is 4. The van der Waals surface area contributed by atoms with Gasteiger partial charge >= 0.3 is 0 Å². The second-order valence-corrected chi connectivity index (χ2v) is 10.4. The predicted octanol–water partition coefficient (Wildman–Crippen LogP) is 4.49. The number of pyridine rings is 1. The van der Waals surface area contributed by atoms with Gasteiger partial charge in [0.25, 0.3) is 15.9 Å². The second kappa shape index (κ2) is 10.2. The summed E-state index contributed by atoms with van der Waals surface area (Å²) in [5.41, 5.74) is -2.20. The van der Waals surface area contributed by atoms with Gasteiger partial charge in [0.15, 0.2) is 16.5 Å². The van der Waals surface area contributed by atoms with Crippen LogP contribution in [0.2, 0.25) is 5.02 Å². The summed E-state index contributed by atoms with van der Waals surface area (Å²) < 4.78 is 80.4. The molecule has 0 aliphatic heterocycles. The third-order valence-electron chi connectivity index (χ3n) is 5.73. The zero-order valence-electron chi connectivity index (χ0n) is 20.5. The van der Waals surface area contributed by atoms with Crippen LogP contribution >= 0.6 is 11.6 Å². The Bertz CT molecular complexity index is 1910. The van der Waals surface area contributed by atoms with Gasteiger partial charge in [-0.15, -0.1) is 0 Å². The topological polar surface area (TPSA) is 144 Å². The normalized spacial score (nSPS) is 11.6. The number of ether oxygens (including phenoxy) is 1. The molecule has 0 radical (unpaired) electrons. The lowest BCUT2D eigenvalue weighted by atomic mass is 10.0. The van der Waals surface area contributed by atoms with Crippen molar-refractivity contribution in [2.75, 3.05) is 17.1 Å². The minimum Gasteiger partial charge on any atom is -0.480 e. The molecular formula is C24H17ClF3N7O4S. The van der Waals surface area contributed by atoms with Gasteiger partial charge in [-0.2, -0.15) is 10.2 Å². The highest BCUT2D eigenvalue weighted by atomic mass is 35.5. The van der Waals surface area contributed by atoms with Crippen molar-refractivity contribution in [3.8, 4) is 17.0 Å². The molecule has 0 saturated carbocycles. The Kier molecular flexibility index (Phi) is 6.85. The monoisotopic (exact) mass is 591 g/mol. The van der Waals surface area contributed by atoms with Gasteiger partial charge in [-0.05, 0) is 24.3 Å². The molecule has 0 aliphatic rings. The molecule has 0 saturated heterocycles. The van der Waals surface area contributed by atoms with E-state index < -0.39 is 55.1 Å². The van der Waals surface area contributed by atoms with Crippen molar-refractivity contribution in [1.29, 1.82) is 0 Å². The number of anilines is 2. The summed E-state index contributed by atoms with van der Waals surface area (Å²) >= 11 is 5.86. The van der Waals surface area contributed by atoms with Gasteiger partial charge in [-0.3, -0.25) is 19.3 Å². The van der Waals surface area contributed by atoms with Crippen molar-refractivity contribution in [1.82, 2.24) is 25.0 Å². The van der Waals surface area contributed by atoms with E-state index in [9.17, 15) is 17.6 Å². The molecule has 2 aromatic carbocycles. The third-order valence-corrected chi connectivity index (χ3v) is 7.29. The Morgan fingerprint density at radius 2 is 1.90 bits per heavy atom. The predicted molar refractivity (Wildman–Crippen MR) is 139 cm³/mol. The third kappa shape index (κ3) is 4.80. The van der Waals surface area contributed by atoms with E-state index in [1.807, 2.05) is 4.72 Å². The smallest absolute Gasteiger partial charge is 0.274 e. The molecular weight excluding hydrogens is 575 g/mol. The number of hydrogen-bond acceptors (Lipinski definition) is 7. The maximum absolute atomic E-state index is 15.6. The van der Waals surface area contributed by atoms with Gasteiger partial charge in [-0.1, -0.05) is 17.7 Å². The molecule has 11 nitrogen and oxygen atoms in total. The molecule has 5 aromatic rings. The summed E-state index contributed by atoms with van der Waals surface area (Å²) in [7, 11) is -1.71. The molecule has 1 amide bonds. The number of H-pyrrole nitrogens is 1. The highest BCUT2D eigenvalue weighted by molar-refractivity contribution is 7.92. The number of aryl methyl sites for hydroxylation is 1. The first-order chi connectivity index (χ1) is 19.0. The van der Waals surface area contributed by atoms with Crippen LogP contribution in [0.4, 0.5) is 24.5 Å². The van der Waals surface area contributed by atoms with Gasteiger partial charge < -0.3 is 10.1 Å². The largest absolute Gasteiger partial charge is 0.480 e. The average Bonchev–Trinajstić information content (AvgIpc) is 3.53. The van der Waals surface area contributed by atoms with E-state index in [2.05, 4.69) is 25.6 Å². The van der Waals surface area contributed by atoms with E-state index in [-0.39, 0.29) is 27.5 Å². The first-order valence-electron chi connectivity index (χ1n) is 11.2. The highest BCUT2D eigenvalue weighted by Crippen LogP contribution is 2.36. The lowest BCUT2D eigenvalue weighted by molar-refractivity contribution is 0.102. The van der Waals surface area contributed by atoms with Gasteiger partial charge in [0.1, 0.15) is 17.0 Å². The minimum atomic E-state index is -4.53. The lowest BCUT2D eigenvalue weighted by Crippen LogP contribution is -2.16. The molecule has 3 heterocycles. The van der Waals surface area contributed by atoms with Crippen LogP contribution in [0, 0.1) is 17.5 Å². The van der Waals surface area contributed by atoms with Gasteiger partial charge in [-0.25, -0.2) is 26.6 Å². The summed E-state index contributed by atoms with van der Waals surface area (Å²) in [6.07, 6.45) is 4.10. The van der Waals surface area contributed by atoms with Crippen LogP contribution in [0.25, 0.3) is 22.0 Å². The fraction of sp³-hybridized carbons (Fsp3) is 0.0833. The Hall–Kier alpha value is -4.63. The number of methoxy groups -OCH3 is 1. The molecule has 0 unspecified atom stereocenters. The van der Waals surface area contributed by atoms with E-state index in [1.165, 1.54) is 24.1 Å². The standard InChI is InChI=1S/C24H17ClF3N7O4S/c1-35-10-12(9-30-35)31-23(36)22-14-4-3-13(19(27)21(14)32-33-22)18-15(26)5-6-16(20(18)28)34-40(37,38)17-7-11(25)8-29-24(17)39-2/h3-10,34H,1-2H3,(H,31,36)(H,32,33). The SMILES string of the molecule is COc1ncc(Cl)cc1S(=O)(=O)Nc1ccc(F)c(-c2ccc3c(C(=O)Nc4cnn(C)c4)[nH]nc3c2F)c1F. The van der Waals surface area contributed by atoms with Crippen molar-refractivity contribution in [3.05, 3.63) is 77.1 Å². The Labute approximate surface area is 229 Å². The van der Waals surface area contributed by atoms with Crippen LogP contribution in [0.3, 0.4) is 0 Å². The molecule has 0 spiro atoms. The molecule has 0 fully saturated rings. The molecule has 40 heavy (non-hydrogen) atoms. The fourth-order valence-corrected chi connectivity index (χ4v) is 5.35. The average molecular weight is 592 g/mol. The van der Waals surface area contributed by atoms with Crippen molar-refractivity contribution in [3.63, 3.8) is 0 Å². The fourth-order valence-electron chi connectivity index (χ4n) is 3.93. The van der Waals surface area contributed by atoms with Crippen LogP contribution in [-0.2, 0) is 17.1 Å². The lowest BCUT2D eigenvalue weighted by Gasteiger charge is -2.14. The van der Waals surface area contributed by atoms with Crippen molar-refractivity contribution in [2.24, 2.45) is 7.05 Å². The van der Waals surface area contributed by atoms with Gasteiger partial charge in [0, 0.05) is 30.4 Å². The van der Waals surface area contributed by atoms with Gasteiger partial charge in [0.05, 0.1) is 35.3 Å². The van der Waals surface area contributed by atoms with Crippen LogP contribution in [0.5, 0.6) is 5.88 Å². The minimum absolute atomic E-state index is 0.0377. The summed E-state index contributed by atoms with van der Waals surface area (Å²) in [5, 5.41) is 12.7. The van der Waals surface area contributed by atoms with Crippen molar-refractivity contribution < 1.29 is 31.1 Å². The van der Waals surface area contributed by atoms with Crippen LogP contribution < -0.4 is 14.8 Å². The number of carbonyl (C=O) groups is 1. The number of rotatable bonds is 7. The van der Waals surface area contributed by atoms with Crippen molar-refractivity contribution >= 4 is 49.8 Å². The van der Waals surface area contributed by atoms with Crippen LogP contribution in [-0.4, -0.2) is 46.4 Å². The van der Waals surface area contributed by atoms with Crippen LogP contribution in [0.1, 0.15) is 10.5 Å². The number of fused-ring (bicyclic) bond motifs is 1. The van der Waals surface area contributed by atoms with Crippen LogP contribution in [0.15, 0.2) is 53.8 Å². The molecule has 3 aromatic heterocycles. The van der Waals surface area contributed by atoms with E-state index in [4.69, 9.17) is 16.3 Å². The number of amides is 1. The maximum atomic E-state index is 15.6. The number of nitrogens with zero attached hydrogens (tertiary/aromatic N) is 4. The number of hydrogen-bond donors (Lipinski definition) is 3. The van der Waals surface area contributed by atoms with E-state index in [1.54, 1.807) is 13.2 Å². The molecule has 0 aliphatic carbocycles. The van der Waals surface area contributed by atoms with Gasteiger partial charge in [0.2, 0.25) is 5.88 Å². The van der Waals surface area contributed by atoms with E-state index >= 15 is 8.78 Å². The number of aromatic amines is 1.